The summed E-state index contributed by atoms with van der Waals surface area (Å²) in [6.07, 6.45) is 6.85. The molecule has 1 amide bonds. The number of hydrogen-bond acceptors (Lipinski definition) is 2. The summed E-state index contributed by atoms with van der Waals surface area (Å²) in [5.74, 6) is 0.102. The van der Waals surface area contributed by atoms with E-state index in [4.69, 9.17) is 5.73 Å². The fourth-order valence-corrected chi connectivity index (χ4v) is 3.46. The van der Waals surface area contributed by atoms with Gasteiger partial charge in [0.1, 0.15) is 0 Å². The van der Waals surface area contributed by atoms with E-state index in [0.717, 1.165) is 30.5 Å². The van der Waals surface area contributed by atoms with Crippen molar-refractivity contribution in [2.24, 2.45) is 5.92 Å². The molecule has 4 heteroatoms. The van der Waals surface area contributed by atoms with Crippen LogP contribution in [0, 0.1) is 5.92 Å². The molecule has 4 N–H and O–H groups in total. The van der Waals surface area contributed by atoms with Gasteiger partial charge in [0, 0.05) is 40.0 Å². The fourth-order valence-electron chi connectivity index (χ4n) is 3.46. The zero-order valence-corrected chi connectivity index (χ0v) is 14.0. The number of rotatable bonds is 3. The number of nitrogen functional groups attached to an aromatic ring is 1. The molecule has 1 heterocycles. The van der Waals surface area contributed by atoms with Crippen molar-refractivity contribution in [3.63, 3.8) is 0 Å². The molecule has 0 fully saturated rings. The number of nitrogens with two attached hydrogens (primary N) is 1. The first-order valence-corrected chi connectivity index (χ1v) is 8.62. The second-order valence-corrected chi connectivity index (χ2v) is 6.56. The third-order valence-electron chi connectivity index (χ3n) is 4.90. The lowest BCUT2D eigenvalue weighted by molar-refractivity contribution is -0.120. The highest BCUT2D eigenvalue weighted by Gasteiger charge is 2.23. The van der Waals surface area contributed by atoms with Crippen LogP contribution in [0.5, 0.6) is 0 Å². The van der Waals surface area contributed by atoms with Crippen molar-refractivity contribution in [2.45, 2.75) is 19.3 Å². The number of nitrogens with one attached hydrogen (secondary N) is 2. The number of carbonyl (C=O) groups is 1. The molecule has 2 aromatic carbocycles. The summed E-state index contributed by atoms with van der Waals surface area (Å²) >= 11 is 0. The van der Waals surface area contributed by atoms with E-state index in [0.29, 0.717) is 5.69 Å². The van der Waals surface area contributed by atoms with Crippen molar-refractivity contribution >= 4 is 33.8 Å². The Hall–Kier alpha value is -3.01. The molecule has 25 heavy (non-hydrogen) atoms. The Balaban J connectivity index is 1.46. The summed E-state index contributed by atoms with van der Waals surface area (Å²) in [7, 11) is 0. The Morgan fingerprint density at radius 2 is 1.92 bits per heavy atom. The Morgan fingerprint density at radius 3 is 2.68 bits per heavy atom. The van der Waals surface area contributed by atoms with Gasteiger partial charge >= 0.3 is 0 Å². The molecule has 1 atom stereocenters. The molecule has 0 aliphatic heterocycles. The minimum atomic E-state index is 0.0199. The van der Waals surface area contributed by atoms with Crippen molar-refractivity contribution in [1.82, 2.24) is 4.98 Å². The molecule has 4 rings (SSSR count). The summed E-state index contributed by atoms with van der Waals surface area (Å²) in [5, 5.41) is 4.24. The number of carbonyl (C=O) groups excluding carboxylic acids is 1. The summed E-state index contributed by atoms with van der Waals surface area (Å²) in [4.78, 5) is 15.8. The van der Waals surface area contributed by atoms with Gasteiger partial charge in [-0.1, -0.05) is 24.3 Å². The van der Waals surface area contributed by atoms with E-state index in [2.05, 4.69) is 40.8 Å². The largest absolute Gasteiger partial charge is 0.399 e. The minimum absolute atomic E-state index is 0.0199. The van der Waals surface area contributed by atoms with Gasteiger partial charge in [-0.15, -0.1) is 0 Å². The molecule has 4 nitrogen and oxygen atoms in total. The average molecular weight is 331 g/mol. The van der Waals surface area contributed by atoms with E-state index in [1.165, 1.54) is 16.5 Å². The maximum atomic E-state index is 12.5. The molecular formula is C21H21N3O. The molecule has 0 saturated heterocycles. The zero-order valence-electron chi connectivity index (χ0n) is 14.0. The number of amides is 1. The van der Waals surface area contributed by atoms with Crippen LogP contribution < -0.4 is 11.1 Å². The van der Waals surface area contributed by atoms with Crippen LogP contribution in [-0.4, -0.2) is 10.9 Å². The van der Waals surface area contributed by atoms with Gasteiger partial charge in [0.2, 0.25) is 5.91 Å². The van der Waals surface area contributed by atoms with Crippen LogP contribution in [0.25, 0.3) is 16.5 Å². The first-order chi connectivity index (χ1) is 12.2. The van der Waals surface area contributed by atoms with Crippen molar-refractivity contribution in [3.8, 4) is 0 Å². The average Bonchev–Trinajstić information content (AvgIpc) is 3.08. The maximum Gasteiger partial charge on any atom is 0.227 e. The molecule has 1 aromatic heterocycles. The van der Waals surface area contributed by atoms with Crippen molar-refractivity contribution in [3.05, 3.63) is 66.4 Å². The predicted molar refractivity (Wildman–Crippen MR) is 103 cm³/mol. The Labute approximate surface area is 146 Å². The maximum absolute atomic E-state index is 12.5. The summed E-state index contributed by atoms with van der Waals surface area (Å²) < 4.78 is 0. The first kappa shape index (κ1) is 15.5. The number of fused-ring (bicyclic) bond motifs is 1. The molecule has 0 saturated carbocycles. The number of aromatic amines is 1. The number of H-pyrrole nitrogens is 1. The van der Waals surface area contributed by atoms with E-state index in [1.54, 1.807) is 12.1 Å². The molecule has 1 aliphatic carbocycles. The van der Waals surface area contributed by atoms with Crippen LogP contribution in [0.4, 0.5) is 11.4 Å². The first-order valence-electron chi connectivity index (χ1n) is 8.62. The van der Waals surface area contributed by atoms with Gasteiger partial charge in [-0.2, -0.15) is 0 Å². The second-order valence-electron chi connectivity index (χ2n) is 6.56. The van der Waals surface area contributed by atoms with Crippen LogP contribution >= 0.6 is 0 Å². The van der Waals surface area contributed by atoms with E-state index in [1.807, 2.05) is 18.2 Å². The van der Waals surface area contributed by atoms with Crippen LogP contribution in [0.15, 0.2) is 60.8 Å². The normalized spacial score (nSPS) is 17.3. The fraction of sp³-hybridized carbons (Fsp3) is 0.190. The van der Waals surface area contributed by atoms with Gasteiger partial charge in [-0.25, -0.2) is 0 Å². The zero-order chi connectivity index (χ0) is 17.2. The molecule has 0 bridgehead atoms. The quantitative estimate of drug-likeness (QED) is 0.615. The van der Waals surface area contributed by atoms with Gasteiger partial charge in [0.15, 0.2) is 0 Å². The van der Waals surface area contributed by atoms with E-state index in [-0.39, 0.29) is 11.8 Å². The molecule has 0 radical (unpaired) electrons. The highest BCUT2D eigenvalue weighted by Crippen LogP contribution is 2.34. The van der Waals surface area contributed by atoms with Crippen molar-refractivity contribution in [2.75, 3.05) is 11.1 Å². The van der Waals surface area contributed by atoms with Crippen molar-refractivity contribution in [1.29, 1.82) is 0 Å². The number of para-hydroxylation sites is 1. The molecule has 1 unspecified atom stereocenters. The molecule has 0 spiro atoms. The molecular weight excluding hydrogens is 310 g/mol. The highest BCUT2D eigenvalue weighted by atomic mass is 16.1. The third-order valence-corrected chi connectivity index (χ3v) is 4.90. The van der Waals surface area contributed by atoms with Crippen LogP contribution in [-0.2, 0) is 4.79 Å². The number of aromatic nitrogens is 1. The smallest absolute Gasteiger partial charge is 0.227 e. The van der Waals surface area contributed by atoms with E-state index in [9.17, 15) is 4.79 Å². The summed E-state index contributed by atoms with van der Waals surface area (Å²) in [6, 6.07) is 15.6. The predicted octanol–water partition coefficient (Wildman–Crippen LogP) is 4.57. The van der Waals surface area contributed by atoms with Crippen LogP contribution in [0.2, 0.25) is 0 Å². The molecule has 3 aromatic rings. The number of allylic oxidation sites excluding steroid dienone is 2. The Bertz CT molecular complexity index is 937. The lowest BCUT2D eigenvalue weighted by Crippen LogP contribution is -2.24. The standard InChI is InChI=1S/C21H21N3O/c22-16-9-11-17(12-10-16)24-21(25)15-7-5-14(6-8-15)19-13-23-20-4-2-1-3-18(19)20/h1-5,9-13,15,23H,6-8,22H2,(H,24,25). The van der Waals surface area contributed by atoms with Gasteiger partial charge < -0.3 is 16.0 Å². The second kappa shape index (κ2) is 6.48. The van der Waals surface area contributed by atoms with Gasteiger partial charge in [0.05, 0.1) is 0 Å². The van der Waals surface area contributed by atoms with Gasteiger partial charge in [-0.3, -0.25) is 4.79 Å². The lowest BCUT2D eigenvalue weighted by atomic mass is 9.86. The Kier molecular flexibility index (Phi) is 4.02. The van der Waals surface area contributed by atoms with Crippen LogP contribution in [0.3, 0.4) is 0 Å². The highest BCUT2D eigenvalue weighted by molar-refractivity contribution is 5.95. The Morgan fingerprint density at radius 1 is 1.12 bits per heavy atom. The lowest BCUT2D eigenvalue weighted by Gasteiger charge is -2.21. The molecule has 126 valence electrons. The number of benzene rings is 2. The van der Waals surface area contributed by atoms with Gasteiger partial charge in [-0.05, 0) is 55.2 Å². The number of anilines is 2. The summed E-state index contributed by atoms with van der Waals surface area (Å²) in [6.45, 7) is 0. The van der Waals surface area contributed by atoms with Crippen molar-refractivity contribution < 1.29 is 4.79 Å². The van der Waals surface area contributed by atoms with Gasteiger partial charge in [0.25, 0.3) is 0 Å². The summed E-state index contributed by atoms with van der Waals surface area (Å²) in [5.41, 5.74) is 10.9. The SMILES string of the molecule is Nc1ccc(NC(=O)C2CC=C(c3c[nH]c4ccccc34)CC2)cc1. The minimum Gasteiger partial charge on any atom is -0.399 e. The topological polar surface area (TPSA) is 70.9 Å². The van der Waals surface area contributed by atoms with E-state index >= 15 is 0 Å². The van der Waals surface area contributed by atoms with E-state index < -0.39 is 0 Å². The third kappa shape index (κ3) is 3.15. The van der Waals surface area contributed by atoms with Crippen LogP contribution in [0.1, 0.15) is 24.8 Å². The molecule has 1 aliphatic rings. The number of hydrogen-bond donors (Lipinski definition) is 3. The monoisotopic (exact) mass is 331 g/mol.